The Hall–Kier alpha value is -3.12. The molecule has 0 radical (unpaired) electrons. The van der Waals surface area contributed by atoms with Crippen LogP contribution < -0.4 is 5.32 Å². The summed E-state index contributed by atoms with van der Waals surface area (Å²) < 4.78 is 0. The van der Waals surface area contributed by atoms with E-state index in [0.29, 0.717) is 6.42 Å². The molecule has 2 rings (SSSR count). The normalized spacial score (nSPS) is 11.5. The Morgan fingerprint density at radius 3 is 2.21 bits per heavy atom. The number of nitrogens with one attached hydrogen (secondary N) is 1. The summed E-state index contributed by atoms with van der Waals surface area (Å²) in [6.45, 7) is 2.91. The number of carboxylic acid groups (broad SMARTS) is 2. The monoisotopic (exact) mass is 399 g/mol. The fraction of sp³-hybridized carbons (Fsp3) is 0.304. The van der Waals surface area contributed by atoms with Crippen molar-refractivity contribution in [2.75, 3.05) is 6.54 Å². The summed E-state index contributed by atoms with van der Waals surface area (Å²) in [4.78, 5) is 21.2. The van der Waals surface area contributed by atoms with Crippen molar-refractivity contribution < 1.29 is 24.9 Å². The maximum Gasteiger partial charge on any atom is 0.328 e. The lowest BCUT2D eigenvalue weighted by Crippen LogP contribution is -2.39. The lowest BCUT2D eigenvalue weighted by Gasteiger charge is -2.14. The molecule has 0 amide bonds. The van der Waals surface area contributed by atoms with Gasteiger partial charge in [0.05, 0.1) is 0 Å². The molecule has 0 aliphatic heterocycles. The van der Waals surface area contributed by atoms with Gasteiger partial charge < -0.3 is 20.6 Å². The van der Waals surface area contributed by atoms with E-state index in [4.69, 9.17) is 15.3 Å². The summed E-state index contributed by atoms with van der Waals surface area (Å²) in [6.07, 6.45) is 6.38. The number of hydrogen-bond acceptors (Lipinski definition) is 4. The van der Waals surface area contributed by atoms with Crippen LogP contribution in [0.1, 0.15) is 37.3 Å². The Labute approximate surface area is 171 Å². The van der Waals surface area contributed by atoms with Gasteiger partial charge in [0.25, 0.3) is 0 Å². The third-order valence-corrected chi connectivity index (χ3v) is 4.06. The summed E-state index contributed by atoms with van der Waals surface area (Å²) in [7, 11) is 0. The van der Waals surface area contributed by atoms with Crippen molar-refractivity contribution in [2.24, 2.45) is 0 Å². The van der Waals surface area contributed by atoms with Crippen molar-refractivity contribution in [2.45, 2.75) is 38.6 Å². The van der Waals surface area contributed by atoms with E-state index in [1.807, 2.05) is 30.3 Å². The van der Waals surface area contributed by atoms with Gasteiger partial charge in [-0.15, -0.1) is 0 Å². The number of benzene rings is 2. The van der Waals surface area contributed by atoms with Gasteiger partial charge in [0.1, 0.15) is 11.8 Å². The second kappa shape index (κ2) is 14.0. The van der Waals surface area contributed by atoms with Crippen molar-refractivity contribution in [3.63, 3.8) is 0 Å². The highest BCUT2D eigenvalue weighted by Gasteiger charge is 2.16. The zero-order valence-corrected chi connectivity index (χ0v) is 16.6. The van der Waals surface area contributed by atoms with Crippen LogP contribution in [-0.2, 0) is 16.0 Å². The average Bonchev–Trinajstić information content (AvgIpc) is 2.71. The van der Waals surface area contributed by atoms with Gasteiger partial charge >= 0.3 is 11.9 Å². The van der Waals surface area contributed by atoms with E-state index in [2.05, 4.69) is 12.2 Å². The van der Waals surface area contributed by atoms with E-state index in [1.54, 1.807) is 12.1 Å². The molecule has 6 heteroatoms. The van der Waals surface area contributed by atoms with Gasteiger partial charge in [0.2, 0.25) is 0 Å². The Morgan fingerprint density at radius 2 is 1.66 bits per heavy atom. The van der Waals surface area contributed by atoms with Gasteiger partial charge in [-0.05, 0) is 48.7 Å². The van der Waals surface area contributed by atoms with E-state index in [-0.39, 0.29) is 5.75 Å². The smallest absolute Gasteiger partial charge is 0.328 e. The van der Waals surface area contributed by atoms with Crippen LogP contribution in [0, 0.1) is 0 Å². The molecular weight excluding hydrogens is 370 g/mol. The first kappa shape index (κ1) is 23.9. The van der Waals surface area contributed by atoms with Gasteiger partial charge in [0.15, 0.2) is 0 Å². The number of aromatic hydroxyl groups is 1. The maximum atomic E-state index is 11.1. The van der Waals surface area contributed by atoms with Crippen LogP contribution >= 0.6 is 0 Å². The molecule has 6 nitrogen and oxygen atoms in total. The summed E-state index contributed by atoms with van der Waals surface area (Å²) in [6, 6.07) is 15.5. The lowest BCUT2D eigenvalue weighted by atomic mass is 10.1. The standard InChI is InChI=1S/C14H21NO2.C9H8O3/c1-2-3-7-10-15-13(14(16)17)11-12-8-5-4-6-9-12;10-8-4-1-7(2-5-8)3-6-9(11)12/h4-6,8-9,13,15H,2-3,7,10-11H2,1H3,(H,16,17);1-6,10H,(H,11,12)/t13-;/m0./s1. The minimum Gasteiger partial charge on any atom is -0.508 e. The first-order valence-electron chi connectivity index (χ1n) is 9.62. The van der Waals surface area contributed by atoms with E-state index in [1.165, 1.54) is 18.2 Å². The van der Waals surface area contributed by atoms with Crippen LogP contribution in [0.3, 0.4) is 0 Å². The Kier molecular flexibility index (Phi) is 11.5. The number of carbonyl (C=O) groups is 2. The van der Waals surface area contributed by atoms with Crippen molar-refractivity contribution in [1.82, 2.24) is 5.32 Å². The molecule has 0 spiro atoms. The van der Waals surface area contributed by atoms with Crippen LogP contribution in [0.2, 0.25) is 0 Å². The third kappa shape index (κ3) is 11.3. The number of rotatable bonds is 10. The highest BCUT2D eigenvalue weighted by atomic mass is 16.4. The maximum absolute atomic E-state index is 11.1. The highest BCUT2D eigenvalue weighted by molar-refractivity contribution is 5.85. The van der Waals surface area contributed by atoms with E-state index in [0.717, 1.165) is 43.0 Å². The fourth-order valence-electron chi connectivity index (χ4n) is 2.50. The van der Waals surface area contributed by atoms with Gasteiger partial charge in [-0.2, -0.15) is 0 Å². The van der Waals surface area contributed by atoms with Crippen LogP contribution in [0.25, 0.3) is 6.08 Å². The lowest BCUT2D eigenvalue weighted by molar-refractivity contribution is -0.139. The van der Waals surface area contributed by atoms with Gasteiger partial charge in [-0.3, -0.25) is 4.79 Å². The number of phenols is 1. The van der Waals surface area contributed by atoms with Crippen molar-refractivity contribution >= 4 is 18.0 Å². The molecule has 156 valence electrons. The Morgan fingerprint density at radius 1 is 1.00 bits per heavy atom. The summed E-state index contributed by atoms with van der Waals surface area (Å²) in [5.41, 5.74) is 1.80. The summed E-state index contributed by atoms with van der Waals surface area (Å²) >= 11 is 0. The molecule has 0 unspecified atom stereocenters. The quantitative estimate of drug-likeness (QED) is 0.356. The molecule has 0 saturated carbocycles. The topological polar surface area (TPSA) is 107 Å². The van der Waals surface area contributed by atoms with Crippen molar-refractivity contribution in [1.29, 1.82) is 0 Å². The molecule has 0 aliphatic carbocycles. The highest BCUT2D eigenvalue weighted by Crippen LogP contribution is 2.10. The van der Waals surface area contributed by atoms with E-state index in [9.17, 15) is 9.59 Å². The molecule has 29 heavy (non-hydrogen) atoms. The molecule has 2 aromatic carbocycles. The second-order valence-corrected chi connectivity index (χ2v) is 6.50. The fourth-order valence-corrected chi connectivity index (χ4v) is 2.50. The number of phenolic OH excluding ortho intramolecular Hbond substituents is 1. The molecule has 0 bridgehead atoms. The summed E-state index contributed by atoms with van der Waals surface area (Å²) in [5, 5.41) is 29.4. The van der Waals surface area contributed by atoms with Crippen LogP contribution in [0.15, 0.2) is 60.7 Å². The zero-order valence-electron chi connectivity index (χ0n) is 16.6. The molecule has 0 fully saturated rings. The molecule has 0 aromatic heterocycles. The molecule has 4 N–H and O–H groups in total. The van der Waals surface area contributed by atoms with Crippen LogP contribution in [0.4, 0.5) is 0 Å². The first-order valence-corrected chi connectivity index (χ1v) is 9.62. The molecule has 2 aromatic rings. The summed E-state index contributed by atoms with van der Waals surface area (Å²) in [5.74, 6) is -1.59. The largest absolute Gasteiger partial charge is 0.508 e. The second-order valence-electron chi connectivity index (χ2n) is 6.50. The molecule has 0 aliphatic rings. The minimum absolute atomic E-state index is 0.169. The first-order chi connectivity index (χ1) is 13.9. The predicted molar refractivity (Wildman–Crippen MR) is 114 cm³/mol. The van der Waals surface area contributed by atoms with E-state index >= 15 is 0 Å². The number of aliphatic carboxylic acids is 2. The van der Waals surface area contributed by atoms with E-state index < -0.39 is 18.0 Å². The van der Waals surface area contributed by atoms with Crippen LogP contribution in [0.5, 0.6) is 5.75 Å². The van der Waals surface area contributed by atoms with Gasteiger partial charge in [0, 0.05) is 6.08 Å². The van der Waals surface area contributed by atoms with Crippen LogP contribution in [-0.4, -0.2) is 39.8 Å². The predicted octanol–water partition coefficient (Wildman–Crippen LogP) is 3.95. The molecular formula is C23H29NO5. The number of hydrogen-bond donors (Lipinski definition) is 4. The van der Waals surface area contributed by atoms with Crippen molar-refractivity contribution in [3.8, 4) is 5.75 Å². The molecule has 0 heterocycles. The number of carboxylic acids is 2. The Balaban J connectivity index is 0.000000308. The van der Waals surface area contributed by atoms with Gasteiger partial charge in [-0.25, -0.2) is 4.79 Å². The number of unbranched alkanes of at least 4 members (excludes halogenated alkanes) is 2. The SMILES string of the molecule is CCCCCN[C@@H](Cc1ccccc1)C(=O)O.O=C(O)C=Cc1ccc(O)cc1. The Bertz CT molecular complexity index is 757. The van der Waals surface area contributed by atoms with Gasteiger partial charge in [-0.1, -0.05) is 62.2 Å². The molecule has 1 atom stereocenters. The minimum atomic E-state index is -0.983. The molecule has 0 saturated heterocycles. The average molecular weight is 399 g/mol. The third-order valence-electron chi connectivity index (χ3n) is 4.06. The zero-order chi connectivity index (χ0) is 21.5. The van der Waals surface area contributed by atoms with Crippen molar-refractivity contribution in [3.05, 3.63) is 71.8 Å².